The maximum atomic E-state index is 14.2. The molecule has 2 amide bonds. The minimum absolute atomic E-state index is 0. The van der Waals surface area contributed by atoms with Gasteiger partial charge in [0.05, 0.1) is 30.7 Å². The highest BCUT2D eigenvalue weighted by Crippen LogP contribution is 2.48. The van der Waals surface area contributed by atoms with Gasteiger partial charge in [-0.15, -0.1) is 12.4 Å². The molecule has 9 nitrogen and oxygen atoms in total. The Hall–Kier alpha value is -2.73. The molecular weight excluding hydrogens is 547 g/mol. The number of piperidine rings is 1. The van der Waals surface area contributed by atoms with E-state index < -0.39 is 38.7 Å². The summed E-state index contributed by atoms with van der Waals surface area (Å²) in [5, 5.41) is 2.73. The van der Waals surface area contributed by atoms with E-state index in [0.717, 1.165) is 11.8 Å². The number of nitrogens with one attached hydrogen (secondary N) is 1. The summed E-state index contributed by atoms with van der Waals surface area (Å²) in [6, 6.07) is 12.7. The average molecular weight is 583 g/mol. The van der Waals surface area contributed by atoms with Crippen LogP contribution in [-0.2, 0) is 36.4 Å². The first kappa shape index (κ1) is 30.8. The lowest BCUT2D eigenvalue weighted by Gasteiger charge is -2.41. The maximum Gasteiger partial charge on any atom is 0.247 e. The summed E-state index contributed by atoms with van der Waals surface area (Å²) in [5.41, 5.74) is 6.24. The third-order valence-corrected chi connectivity index (χ3v) is 8.39. The van der Waals surface area contributed by atoms with Crippen molar-refractivity contribution in [2.24, 2.45) is 5.73 Å². The number of likely N-dealkylation sites (tertiary alicyclic amines) is 1. The number of carbonyl (C=O) groups excluding carboxylic acids is 2. The topological polar surface area (TPSA) is 122 Å². The fraction of sp³-hybridized carbons (Fsp3) is 0.481. The van der Waals surface area contributed by atoms with Gasteiger partial charge in [0.1, 0.15) is 11.9 Å². The van der Waals surface area contributed by atoms with E-state index in [1.807, 2.05) is 30.3 Å². The van der Waals surface area contributed by atoms with Crippen LogP contribution in [0.15, 0.2) is 48.5 Å². The SMILES string of the molecule is CC(C)(N)C(=O)NC(COCc1ccccc1)C(=O)N1CCC2(CC1)CN(S(C)(=O)=O)c1ccc(F)cc12.Cl. The van der Waals surface area contributed by atoms with Crippen LogP contribution < -0.4 is 15.4 Å². The van der Waals surface area contributed by atoms with Gasteiger partial charge in [0.25, 0.3) is 0 Å². The van der Waals surface area contributed by atoms with E-state index in [4.69, 9.17) is 10.5 Å². The molecule has 1 unspecified atom stereocenters. The quantitative estimate of drug-likeness (QED) is 0.493. The predicted molar refractivity (Wildman–Crippen MR) is 150 cm³/mol. The molecule has 1 atom stereocenters. The number of sulfonamides is 1. The summed E-state index contributed by atoms with van der Waals surface area (Å²) in [7, 11) is -3.55. The molecule has 0 radical (unpaired) electrons. The number of fused-ring (bicyclic) bond motifs is 2. The summed E-state index contributed by atoms with van der Waals surface area (Å²) < 4.78 is 46.2. The largest absolute Gasteiger partial charge is 0.374 e. The van der Waals surface area contributed by atoms with Crippen LogP contribution >= 0.6 is 12.4 Å². The molecule has 2 aliphatic rings. The highest BCUT2D eigenvalue weighted by molar-refractivity contribution is 7.92. The minimum Gasteiger partial charge on any atom is -0.374 e. The Kier molecular flexibility index (Phi) is 9.31. The zero-order valence-electron chi connectivity index (χ0n) is 22.4. The van der Waals surface area contributed by atoms with Crippen LogP contribution in [-0.4, -0.2) is 69.2 Å². The molecule has 2 aliphatic heterocycles. The molecule has 2 aromatic rings. The van der Waals surface area contributed by atoms with Crippen molar-refractivity contribution in [1.29, 1.82) is 0 Å². The molecule has 1 fully saturated rings. The van der Waals surface area contributed by atoms with Gasteiger partial charge in [0, 0.05) is 25.0 Å². The standard InChI is InChI=1S/C27H35FN4O5S.ClH/c1-26(2,29)25(34)30-22(17-37-16-19-7-5-4-6-8-19)24(33)31-13-11-27(12-14-31)18-32(38(3,35)36)23-10-9-20(28)15-21(23)27;/h4-10,15,22H,11-14,16-18,29H2,1-3H3,(H,30,34);1H. The number of anilines is 1. The molecule has 2 heterocycles. The summed E-state index contributed by atoms with van der Waals surface area (Å²) in [6.07, 6.45) is 2.05. The van der Waals surface area contributed by atoms with E-state index in [9.17, 15) is 22.4 Å². The third kappa shape index (κ3) is 6.89. The molecule has 12 heteroatoms. The number of rotatable bonds is 8. The van der Waals surface area contributed by atoms with E-state index in [0.29, 0.717) is 37.2 Å². The first-order chi connectivity index (χ1) is 17.8. The van der Waals surface area contributed by atoms with Crippen LogP contribution in [0.25, 0.3) is 0 Å². The van der Waals surface area contributed by atoms with Gasteiger partial charge in [-0.3, -0.25) is 13.9 Å². The van der Waals surface area contributed by atoms with Crippen LogP contribution in [0.2, 0.25) is 0 Å². The van der Waals surface area contributed by atoms with E-state index >= 15 is 0 Å². The fourth-order valence-electron chi connectivity index (χ4n) is 5.08. The van der Waals surface area contributed by atoms with Crippen LogP contribution in [0, 0.1) is 5.82 Å². The second kappa shape index (κ2) is 11.8. The lowest BCUT2D eigenvalue weighted by atomic mass is 9.74. The Morgan fingerprint density at radius 2 is 1.79 bits per heavy atom. The van der Waals surface area contributed by atoms with Crippen molar-refractivity contribution in [2.45, 2.75) is 50.3 Å². The molecule has 2 aromatic carbocycles. The number of benzene rings is 2. The Labute approximate surface area is 235 Å². The molecule has 1 saturated heterocycles. The second-order valence-electron chi connectivity index (χ2n) is 10.8. The minimum atomic E-state index is -3.55. The molecule has 39 heavy (non-hydrogen) atoms. The van der Waals surface area contributed by atoms with E-state index in [1.54, 1.807) is 18.7 Å². The molecule has 214 valence electrons. The van der Waals surface area contributed by atoms with Crippen molar-refractivity contribution < 1.29 is 27.1 Å². The zero-order chi connectivity index (χ0) is 27.7. The van der Waals surface area contributed by atoms with Crippen molar-refractivity contribution >= 4 is 39.9 Å². The fourth-order valence-corrected chi connectivity index (χ4v) is 6.08. The van der Waals surface area contributed by atoms with Gasteiger partial charge < -0.3 is 20.7 Å². The Bertz CT molecular complexity index is 1300. The molecule has 0 saturated carbocycles. The van der Waals surface area contributed by atoms with Gasteiger partial charge in [-0.25, -0.2) is 12.8 Å². The molecule has 0 aromatic heterocycles. The number of ether oxygens (including phenoxy) is 1. The highest BCUT2D eigenvalue weighted by Gasteiger charge is 2.48. The van der Waals surface area contributed by atoms with Crippen molar-refractivity contribution in [1.82, 2.24) is 10.2 Å². The van der Waals surface area contributed by atoms with E-state index in [2.05, 4.69) is 5.32 Å². The third-order valence-electron chi connectivity index (χ3n) is 7.26. The molecule has 0 bridgehead atoms. The second-order valence-corrected chi connectivity index (χ2v) is 12.7. The normalized spacial score (nSPS) is 17.4. The lowest BCUT2D eigenvalue weighted by molar-refractivity contribution is -0.140. The molecular formula is C27H36ClFN4O5S. The Balaban J connectivity index is 0.00000420. The molecule has 0 aliphatic carbocycles. The van der Waals surface area contributed by atoms with Crippen molar-refractivity contribution in [3.8, 4) is 0 Å². The number of nitrogens with zero attached hydrogens (tertiary/aromatic N) is 2. The first-order valence-corrected chi connectivity index (χ1v) is 14.4. The monoisotopic (exact) mass is 582 g/mol. The van der Waals surface area contributed by atoms with Gasteiger partial charge in [-0.05, 0) is 56.0 Å². The van der Waals surface area contributed by atoms with Crippen LogP contribution in [0.5, 0.6) is 0 Å². The molecule has 1 spiro atoms. The number of hydrogen-bond acceptors (Lipinski definition) is 6. The molecule has 4 rings (SSSR count). The average Bonchev–Trinajstić information content (AvgIpc) is 3.17. The molecule has 3 N–H and O–H groups in total. The van der Waals surface area contributed by atoms with Crippen LogP contribution in [0.3, 0.4) is 0 Å². The van der Waals surface area contributed by atoms with Crippen molar-refractivity contribution in [3.63, 3.8) is 0 Å². The van der Waals surface area contributed by atoms with E-state index in [-0.39, 0.29) is 38.1 Å². The summed E-state index contributed by atoms with van der Waals surface area (Å²) in [4.78, 5) is 27.8. The summed E-state index contributed by atoms with van der Waals surface area (Å²) >= 11 is 0. The number of hydrogen-bond donors (Lipinski definition) is 2. The predicted octanol–water partition coefficient (Wildman–Crippen LogP) is 2.33. The summed E-state index contributed by atoms with van der Waals surface area (Å²) in [6.45, 7) is 4.21. The number of halogens is 2. The highest BCUT2D eigenvalue weighted by atomic mass is 35.5. The number of nitrogens with two attached hydrogens (primary N) is 1. The van der Waals surface area contributed by atoms with Gasteiger partial charge >= 0.3 is 0 Å². The van der Waals surface area contributed by atoms with Gasteiger partial charge in [-0.2, -0.15) is 0 Å². The maximum absolute atomic E-state index is 14.2. The van der Waals surface area contributed by atoms with Gasteiger partial charge in [-0.1, -0.05) is 30.3 Å². The van der Waals surface area contributed by atoms with Crippen LogP contribution in [0.1, 0.15) is 37.8 Å². The number of amides is 2. The Morgan fingerprint density at radius 3 is 2.38 bits per heavy atom. The lowest BCUT2D eigenvalue weighted by Crippen LogP contribution is -2.59. The van der Waals surface area contributed by atoms with Crippen molar-refractivity contribution in [2.75, 3.05) is 36.8 Å². The smallest absolute Gasteiger partial charge is 0.247 e. The van der Waals surface area contributed by atoms with Gasteiger partial charge in [0.2, 0.25) is 21.8 Å². The summed E-state index contributed by atoms with van der Waals surface area (Å²) in [5.74, 6) is -1.21. The van der Waals surface area contributed by atoms with Gasteiger partial charge in [0.15, 0.2) is 0 Å². The van der Waals surface area contributed by atoms with Crippen LogP contribution in [0.4, 0.5) is 10.1 Å². The van der Waals surface area contributed by atoms with E-state index in [1.165, 1.54) is 22.5 Å². The number of carbonyl (C=O) groups is 2. The Morgan fingerprint density at radius 1 is 1.15 bits per heavy atom. The first-order valence-electron chi connectivity index (χ1n) is 12.6. The van der Waals surface area contributed by atoms with Crippen molar-refractivity contribution in [3.05, 3.63) is 65.5 Å². The zero-order valence-corrected chi connectivity index (χ0v) is 24.0.